The SMILES string of the molecule is COc1ccc(CCN2C[C@@H](C(N)=O)CC[C@@H]2C)cc1. The molecule has 4 heteroatoms. The van der Waals surface area contributed by atoms with E-state index in [4.69, 9.17) is 10.5 Å². The number of likely N-dealkylation sites (tertiary alicyclic amines) is 1. The molecule has 1 saturated heterocycles. The van der Waals surface area contributed by atoms with Crippen molar-refractivity contribution in [1.29, 1.82) is 0 Å². The summed E-state index contributed by atoms with van der Waals surface area (Å²) in [6.07, 6.45) is 2.96. The second kappa shape index (κ2) is 6.75. The first-order chi connectivity index (χ1) is 9.60. The summed E-state index contributed by atoms with van der Waals surface area (Å²) in [5.74, 6) is 0.738. The van der Waals surface area contributed by atoms with Gasteiger partial charge in [0.25, 0.3) is 0 Å². The molecule has 0 radical (unpaired) electrons. The minimum absolute atomic E-state index is 0.0158. The Morgan fingerprint density at radius 2 is 2.05 bits per heavy atom. The van der Waals surface area contributed by atoms with Crippen molar-refractivity contribution in [2.75, 3.05) is 20.2 Å². The van der Waals surface area contributed by atoms with Crippen LogP contribution >= 0.6 is 0 Å². The molecule has 2 rings (SSSR count). The predicted octanol–water partition coefficient (Wildman–Crippen LogP) is 1.82. The molecule has 0 spiro atoms. The highest BCUT2D eigenvalue weighted by Gasteiger charge is 2.28. The van der Waals surface area contributed by atoms with E-state index in [1.807, 2.05) is 12.1 Å². The Morgan fingerprint density at radius 1 is 1.35 bits per heavy atom. The van der Waals surface area contributed by atoms with Crippen LogP contribution in [0.5, 0.6) is 5.75 Å². The number of primary amides is 1. The van der Waals surface area contributed by atoms with Gasteiger partial charge in [0.05, 0.1) is 13.0 Å². The maximum absolute atomic E-state index is 11.3. The molecule has 110 valence electrons. The van der Waals surface area contributed by atoms with Crippen LogP contribution in [0.4, 0.5) is 0 Å². The average Bonchev–Trinajstić information content (AvgIpc) is 2.46. The minimum Gasteiger partial charge on any atom is -0.497 e. The second-order valence-electron chi connectivity index (χ2n) is 5.62. The molecule has 1 amide bonds. The van der Waals surface area contributed by atoms with E-state index in [2.05, 4.69) is 24.0 Å². The van der Waals surface area contributed by atoms with Crippen molar-refractivity contribution in [1.82, 2.24) is 4.90 Å². The van der Waals surface area contributed by atoms with Crippen LogP contribution in [-0.2, 0) is 11.2 Å². The number of nitrogens with zero attached hydrogens (tertiary/aromatic N) is 1. The molecule has 1 heterocycles. The Hall–Kier alpha value is -1.55. The summed E-state index contributed by atoms with van der Waals surface area (Å²) in [6.45, 7) is 4.00. The van der Waals surface area contributed by atoms with Gasteiger partial charge < -0.3 is 10.5 Å². The van der Waals surface area contributed by atoms with Crippen LogP contribution in [0.15, 0.2) is 24.3 Å². The number of ether oxygens (including phenoxy) is 1. The smallest absolute Gasteiger partial charge is 0.221 e. The molecule has 2 atom stereocenters. The number of benzene rings is 1. The maximum atomic E-state index is 11.3. The Morgan fingerprint density at radius 3 is 2.65 bits per heavy atom. The van der Waals surface area contributed by atoms with Crippen molar-refractivity contribution in [3.63, 3.8) is 0 Å². The van der Waals surface area contributed by atoms with Gasteiger partial charge >= 0.3 is 0 Å². The topological polar surface area (TPSA) is 55.6 Å². The summed E-state index contributed by atoms with van der Waals surface area (Å²) in [5, 5.41) is 0. The summed E-state index contributed by atoms with van der Waals surface area (Å²) in [5.41, 5.74) is 6.73. The van der Waals surface area contributed by atoms with Crippen LogP contribution in [0.2, 0.25) is 0 Å². The quantitative estimate of drug-likeness (QED) is 0.892. The second-order valence-corrected chi connectivity index (χ2v) is 5.62. The third-order valence-electron chi connectivity index (χ3n) is 4.26. The zero-order chi connectivity index (χ0) is 14.5. The first-order valence-electron chi connectivity index (χ1n) is 7.26. The number of rotatable bonds is 5. The predicted molar refractivity (Wildman–Crippen MR) is 79.7 cm³/mol. The van der Waals surface area contributed by atoms with Crippen molar-refractivity contribution >= 4 is 5.91 Å². The molecule has 1 aliphatic rings. The summed E-state index contributed by atoms with van der Waals surface area (Å²) >= 11 is 0. The molecule has 0 bridgehead atoms. The van der Waals surface area contributed by atoms with Gasteiger partial charge in [-0.2, -0.15) is 0 Å². The van der Waals surface area contributed by atoms with Gasteiger partial charge in [0.2, 0.25) is 5.91 Å². The van der Waals surface area contributed by atoms with Crippen molar-refractivity contribution in [2.45, 2.75) is 32.2 Å². The van der Waals surface area contributed by atoms with E-state index < -0.39 is 0 Å². The lowest BCUT2D eigenvalue weighted by atomic mass is 9.92. The number of piperidine rings is 1. The zero-order valence-corrected chi connectivity index (χ0v) is 12.3. The first-order valence-corrected chi connectivity index (χ1v) is 7.26. The van der Waals surface area contributed by atoms with Gasteiger partial charge in [-0.1, -0.05) is 12.1 Å². The van der Waals surface area contributed by atoms with Crippen LogP contribution in [0.1, 0.15) is 25.3 Å². The molecule has 20 heavy (non-hydrogen) atoms. The molecule has 1 aliphatic heterocycles. The Kier molecular flexibility index (Phi) is 5.01. The van der Waals surface area contributed by atoms with Gasteiger partial charge in [-0.05, 0) is 43.9 Å². The standard InChI is InChI=1S/C16H24N2O2/c1-12-3-6-14(16(17)19)11-18(12)10-9-13-4-7-15(20-2)8-5-13/h4-5,7-8,12,14H,3,6,9-11H2,1-2H3,(H2,17,19)/t12-,14-/m0/s1. The molecule has 2 N–H and O–H groups in total. The number of hydrogen-bond donors (Lipinski definition) is 1. The van der Waals surface area contributed by atoms with Crippen LogP contribution in [0, 0.1) is 5.92 Å². The van der Waals surface area contributed by atoms with Gasteiger partial charge in [-0.3, -0.25) is 9.69 Å². The summed E-state index contributed by atoms with van der Waals surface area (Å²) in [6, 6.07) is 8.70. The Balaban J connectivity index is 1.89. The highest BCUT2D eigenvalue weighted by Crippen LogP contribution is 2.22. The molecule has 0 aromatic heterocycles. The summed E-state index contributed by atoms with van der Waals surface area (Å²) < 4.78 is 5.16. The molecular formula is C16H24N2O2. The van der Waals surface area contributed by atoms with Crippen molar-refractivity contribution in [3.8, 4) is 5.75 Å². The molecule has 1 fully saturated rings. The van der Waals surface area contributed by atoms with Gasteiger partial charge in [0.1, 0.15) is 5.75 Å². The van der Waals surface area contributed by atoms with E-state index in [-0.39, 0.29) is 11.8 Å². The number of carbonyl (C=O) groups excluding carboxylic acids is 1. The molecule has 0 unspecified atom stereocenters. The highest BCUT2D eigenvalue weighted by molar-refractivity contribution is 5.76. The van der Waals surface area contributed by atoms with Gasteiger partial charge in [-0.25, -0.2) is 0 Å². The van der Waals surface area contributed by atoms with E-state index >= 15 is 0 Å². The van der Waals surface area contributed by atoms with E-state index in [0.717, 1.165) is 38.1 Å². The first kappa shape index (κ1) is 14.9. The van der Waals surface area contributed by atoms with E-state index in [0.29, 0.717) is 6.04 Å². The van der Waals surface area contributed by atoms with Crippen molar-refractivity contribution < 1.29 is 9.53 Å². The largest absolute Gasteiger partial charge is 0.497 e. The van der Waals surface area contributed by atoms with Gasteiger partial charge in [0, 0.05) is 19.1 Å². The van der Waals surface area contributed by atoms with E-state index in [1.165, 1.54) is 5.56 Å². The monoisotopic (exact) mass is 276 g/mol. The van der Waals surface area contributed by atoms with Crippen LogP contribution in [0.25, 0.3) is 0 Å². The third kappa shape index (κ3) is 3.73. The summed E-state index contributed by atoms with van der Waals surface area (Å²) in [4.78, 5) is 13.7. The molecule has 0 saturated carbocycles. The minimum atomic E-state index is -0.161. The number of amides is 1. The van der Waals surface area contributed by atoms with Crippen molar-refractivity contribution in [3.05, 3.63) is 29.8 Å². The fourth-order valence-electron chi connectivity index (χ4n) is 2.79. The highest BCUT2D eigenvalue weighted by atomic mass is 16.5. The maximum Gasteiger partial charge on any atom is 0.221 e. The Bertz CT molecular complexity index is 444. The molecular weight excluding hydrogens is 252 g/mol. The number of nitrogens with two attached hydrogens (primary N) is 1. The van der Waals surface area contributed by atoms with Crippen LogP contribution < -0.4 is 10.5 Å². The number of hydrogen-bond acceptors (Lipinski definition) is 3. The van der Waals surface area contributed by atoms with Gasteiger partial charge in [0.15, 0.2) is 0 Å². The average molecular weight is 276 g/mol. The zero-order valence-electron chi connectivity index (χ0n) is 12.3. The van der Waals surface area contributed by atoms with Crippen molar-refractivity contribution in [2.24, 2.45) is 11.7 Å². The van der Waals surface area contributed by atoms with Crippen LogP contribution in [-0.4, -0.2) is 37.0 Å². The lowest BCUT2D eigenvalue weighted by molar-refractivity contribution is -0.123. The van der Waals surface area contributed by atoms with E-state index in [9.17, 15) is 4.79 Å². The summed E-state index contributed by atoms with van der Waals surface area (Å²) in [7, 11) is 1.67. The Labute approximate surface area is 120 Å². The number of carbonyl (C=O) groups is 1. The third-order valence-corrected chi connectivity index (χ3v) is 4.26. The van der Waals surface area contributed by atoms with Gasteiger partial charge in [-0.15, -0.1) is 0 Å². The van der Waals surface area contributed by atoms with E-state index in [1.54, 1.807) is 7.11 Å². The lowest BCUT2D eigenvalue weighted by Gasteiger charge is -2.36. The molecule has 1 aromatic carbocycles. The lowest BCUT2D eigenvalue weighted by Crippen LogP contribution is -2.46. The normalized spacial score (nSPS) is 23.5. The fourth-order valence-corrected chi connectivity index (χ4v) is 2.79. The number of methoxy groups -OCH3 is 1. The fraction of sp³-hybridized carbons (Fsp3) is 0.562. The molecule has 0 aliphatic carbocycles. The molecule has 4 nitrogen and oxygen atoms in total. The molecule has 1 aromatic rings. The van der Waals surface area contributed by atoms with Crippen LogP contribution in [0.3, 0.4) is 0 Å².